The summed E-state index contributed by atoms with van der Waals surface area (Å²) < 4.78 is 6.58. The number of nitrogens with one attached hydrogen (secondary N) is 1. The fourth-order valence-corrected chi connectivity index (χ4v) is 2.42. The van der Waals surface area contributed by atoms with Crippen LogP contribution in [0.5, 0.6) is 0 Å². The van der Waals surface area contributed by atoms with Crippen molar-refractivity contribution in [2.24, 2.45) is 7.05 Å². The van der Waals surface area contributed by atoms with Crippen molar-refractivity contribution in [1.29, 1.82) is 0 Å². The van der Waals surface area contributed by atoms with Gasteiger partial charge in [-0.25, -0.2) is 4.79 Å². The normalized spacial score (nSPS) is 10.5. The number of rotatable bonds is 6. The minimum atomic E-state index is -0.368. The quantitative estimate of drug-likeness (QED) is 0.639. The highest BCUT2D eigenvalue weighted by Crippen LogP contribution is 2.20. The summed E-state index contributed by atoms with van der Waals surface area (Å²) in [5.74, 6) is -0.712. The maximum Gasteiger partial charge on any atom is 0.338 e. The molecule has 6 nitrogen and oxygen atoms in total. The number of aryl methyl sites for hydroxylation is 2. The zero-order chi connectivity index (χ0) is 17.7. The molecule has 0 fully saturated rings. The van der Waals surface area contributed by atoms with Gasteiger partial charge in [-0.3, -0.25) is 9.48 Å². The third kappa shape index (κ3) is 4.14. The molecule has 2 aromatic rings. The summed E-state index contributed by atoms with van der Waals surface area (Å²) in [5, 5.41) is 7.13. The van der Waals surface area contributed by atoms with Crippen LogP contribution in [-0.4, -0.2) is 28.3 Å². The minimum Gasteiger partial charge on any atom is -0.462 e. The zero-order valence-electron chi connectivity index (χ0n) is 13.9. The van der Waals surface area contributed by atoms with E-state index in [1.54, 1.807) is 38.2 Å². The van der Waals surface area contributed by atoms with E-state index in [0.717, 1.165) is 12.8 Å². The van der Waals surface area contributed by atoms with E-state index in [2.05, 4.69) is 10.4 Å². The van der Waals surface area contributed by atoms with Crippen molar-refractivity contribution < 1.29 is 14.3 Å². The lowest BCUT2D eigenvalue weighted by Gasteiger charge is -2.07. The SMILES string of the molecule is CCCCOC(=O)c1ccc(NC(=O)c2c(C)nn(C)c2Cl)cc1. The third-order valence-corrected chi connectivity index (χ3v) is 3.92. The molecule has 1 aromatic carbocycles. The highest BCUT2D eigenvalue weighted by Gasteiger charge is 2.19. The van der Waals surface area contributed by atoms with Gasteiger partial charge >= 0.3 is 5.97 Å². The first-order valence-electron chi connectivity index (χ1n) is 7.71. The molecule has 0 aliphatic rings. The lowest BCUT2D eigenvalue weighted by molar-refractivity contribution is 0.0499. The monoisotopic (exact) mass is 349 g/mol. The number of nitrogens with zero attached hydrogens (tertiary/aromatic N) is 2. The number of hydrogen-bond donors (Lipinski definition) is 1. The molecule has 24 heavy (non-hydrogen) atoms. The second-order valence-corrected chi connectivity index (χ2v) is 5.75. The first-order chi connectivity index (χ1) is 11.4. The van der Waals surface area contributed by atoms with E-state index in [4.69, 9.17) is 16.3 Å². The number of carbonyl (C=O) groups is 2. The number of ether oxygens (including phenoxy) is 1. The summed E-state index contributed by atoms with van der Waals surface area (Å²) in [5.41, 5.74) is 1.89. The first kappa shape index (κ1) is 18.0. The van der Waals surface area contributed by atoms with Gasteiger partial charge in [-0.15, -0.1) is 0 Å². The van der Waals surface area contributed by atoms with E-state index < -0.39 is 0 Å². The van der Waals surface area contributed by atoms with Gasteiger partial charge in [0.15, 0.2) is 0 Å². The Hall–Kier alpha value is -2.34. The maximum atomic E-state index is 12.3. The van der Waals surface area contributed by atoms with Crippen LogP contribution in [-0.2, 0) is 11.8 Å². The number of halogens is 1. The number of amides is 1. The number of benzene rings is 1. The molecule has 0 saturated heterocycles. The highest BCUT2D eigenvalue weighted by molar-refractivity contribution is 6.33. The van der Waals surface area contributed by atoms with E-state index in [0.29, 0.717) is 29.1 Å². The molecular weight excluding hydrogens is 330 g/mol. The van der Waals surface area contributed by atoms with Crippen molar-refractivity contribution in [2.45, 2.75) is 26.7 Å². The number of anilines is 1. The van der Waals surface area contributed by atoms with Gasteiger partial charge in [0.1, 0.15) is 5.15 Å². The van der Waals surface area contributed by atoms with Crippen LogP contribution in [0, 0.1) is 6.92 Å². The van der Waals surface area contributed by atoms with Gasteiger partial charge in [-0.2, -0.15) is 5.10 Å². The van der Waals surface area contributed by atoms with Gasteiger partial charge < -0.3 is 10.1 Å². The average molecular weight is 350 g/mol. The maximum absolute atomic E-state index is 12.3. The molecule has 0 radical (unpaired) electrons. The summed E-state index contributed by atoms with van der Waals surface area (Å²) in [6.45, 7) is 4.16. The Bertz CT molecular complexity index is 738. The Labute approximate surface area is 145 Å². The number of esters is 1. The third-order valence-electron chi connectivity index (χ3n) is 3.49. The number of unbranched alkanes of at least 4 members (excludes halogenated alkanes) is 1. The van der Waals surface area contributed by atoms with Crippen molar-refractivity contribution in [1.82, 2.24) is 9.78 Å². The number of aromatic nitrogens is 2. The standard InChI is InChI=1S/C17H20ClN3O3/c1-4-5-10-24-17(23)12-6-8-13(9-7-12)19-16(22)14-11(2)20-21(3)15(14)18/h6-9H,4-5,10H2,1-3H3,(H,19,22). The van der Waals surface area contributed by atoms with Gasteiger partial charge in [0.2, 0.25) is 0 Å². The molecule has 1 aromatic heterocycles. The van der Waals surface area contributed by atoms with Crippen LogP contribution in [0.4, 0.5) is 5.69 Å². The van der Waals surface area contributed by atoms with Crippen molar-refractivity contribution in [3.05, 3.63) is 46.2 Å². The zero-order valence-corrected chi connectivity index (χ0v) is 14.7. The Morgan fingerprint density at radius 3 is 2.50 bits per heavy atom. The van der Waals surface area contributed by atoms with Crippen molar-refractivity contribution >= 4 is 29.2 Å². The molecule has 1 N–H and O–H groups in total. The van der Waals surface area contributed by atoms with E-state index in [-0.39, 0.29) is 17.0 Å². The van der Waals surface area contributed by atoms with Crippen molar-refractivity contribution in [3.63, 3.8) is 0 Å². The Morgan fingerprint density at radius 2 is 1.96 bits per heavy atom. The molecule has 1 heterocycles. The van der Waals surface area contributed by atoms with E-state index in [1.165, 1.54) is 4.68 Å². The summed E-state index contributed by atoms with van der Waals surface area (Å²) in [4.78, 5) is 24.2. The summed E-state index contributed by atoms with van der Waals surface area (Å²) in [7, 11) is 1.67. The van der Waals surface area contributed by atoms with Gasteiger partial charge in [-0.05, 0) is 37.6 Å². The fourth-order valence-electron chi connectivity index (χ4n) is 2.16. The highest BCUT2D eigenvalue weighted by atomic mass is 35.5. The Kier molecular flexibility index (Phi) is 5.98. The molecule has 0 bridgehead atoms. The van der Waals surface area contributed by atoms with Crippen LogP contribution in [0.1, 0.15) is 46.2 Å². The van der Waals surface area contributed by atoms with Crippen LogP contribution < -0.4 is 5.32 Å². The molecule has 1 amide bonds. The average Bonchev–Trinajstić information content (AvgIpc) is 2.80. The lowest BCUT2D eigenvalue weighted by atomic mass is 10.2. The second-order valence-electron chi connectivity index (χ2n) is 5.40. The second kappa shape index (κ2) is 7.97. The van der Waals surface area contributed by atoms with Gasteiger partial charge in [-0.1, -0.05) is 24.9 Å². The topological polar surface area (TPSA) is 73.2 Å². The Morgan fingerprint density at radius 1 is 1.29 bits per heavy atom. The number of hydrogen-bond acceptors (Lipinski definition) is 4. The molecule has 2 rings (SSSR count). The van der Waals surface area contributed by atoms with Crippen molar-refractivity contribution in [3.8, 4) is 0 Å². The van der Waals surface area contributed by atoms with Crippen molar-refractivity contribution in [2.75, 3.05) is 11.9 Å². The predicted molar refractivity (Wildman–Crippen MR) is 92.5 cm³/mol. The summed E-state index contributed by atoms with van der Waals surface area (Å²) in [6, 6.07) is 6.52. The molecule has 7 heteroatoms. The van der Waals surface area contributed by atoms with E-state index >= 15 is 0 Å². The van der Waals surface area contributed by atoms with Crippen LogP contribution in [0.2, 0.25) is 5.15 Å². The van der Waals surface area contributed by atoms with Gasteiger partial charge in [0, 0.05) is 12.7 Å². The molecular formula is C17H20ClN3O3. The van der Waals surface area contributed by atoms with Crippen LogP contribution in [0.25, 0.3) is 0 Å². The molecule has 0 atom stereocenters. The Balaban J connectivity index is 2.03. The largest absolute Gasteiger partial charge is 0.462 e. The molecule has 0 saturated carbocycles. The molecule has 128 valence electrons. The molecule has 0 aliphatic carbocycles. The van der Waals surface area contributed by atoms with Crippen LogP contribution >= 0.6 is 11.6 Å². The molecule has 0 spiro atoms. The van der Waals surface area contributed by atoms with Gasteiger partial charge in [0.05, 0.1) is 23.4 Å². The van der Waals surface area contributed by atoms with E-state index in [9.17, 15) is 9.59 Å². The smallest absolute Gasteiger partial charge is 0.338 e. The summed E-state index contributed by atoms with van der Waals surface area (Å²) >= 11 is 6.08. The summed E-state index contributed by atoms with van der Waals surface area (Å²) in [6.07, 6.45) is 1.81. The number of carbonyl (C=O) groups excluding carboxylic acids is 2. The first-order valence-corrected chi connectivity index (χ1v) is 8.09. The van der Waals surface area contributed by atoms with E-state index in [1.807, 2.05) is 6.92 Å². The van der Waals surface area contributed by atoms with Crippen LogP contribution in [0.3, 0.4) is 0 Å². The lowest BCUT2D eigenvalue weighted by Crippen LogP contribution is -2.13. The molecule has 0 aliphatic heterocycles. The molecule has 0 unspecified atom stereocenters. The van der Waals surface area contributed by atoms with Crippen LogP contribution in [0.15, 0.2) is 24.3 Å². The van der Waals surface area contributed by atoms with Gasteiger partial charge in [0.25, 0.3) is 5.91 Å². The fraction of sp³-hybridized carbons (Fsp3) is 0.353. The minimum absolute atomic E-state index is 0.279. The predicted octanol–water partition coefficient (Wildman–Crippen LogP) is 3.59.